The first kappa shape index (κ1) is 18.5. The van der Waals surface area contributed by atoms with Gasteiger partial charge in [-0.1, -0.05) is 30.3 Å². The number of rotatable bonds is 7. The molecule has 0 radical (unpaired) electrons. The van der Waals surface area contributed by atoms with Crippen molar-refractivity contribution < 1.29 is 13.2 Å². The predicted molar refractivity (Wildman–Crippen MR) is 99.3 cm³/mol. The second-order valence-electron chi connectivity index (χ2n) is 5.37. The summed E-state index contributed by atoms with van der Waals surface area (Å²) < 4.78 is 25.9. The van der Waals surface area contributed by atoms with Gasteiger partial charge in [0.25, 0.3) is 0 Å². The van der Waals surface area contributed by atoms with Crippen LogP contribution in [0.4, 0.5) is 5.69 Å². The molecule has 3 N–H and O–H groups in total. The van der Waals surface area contributed by atoms with E-state index in [1.54, 1.807) is 12.1 Å². The summed E-state index contributed by atoms with van der Waals surface area (Å²) in [6.45, 7) is -0.0861. The summed E-state index contributed by atoms with van der Waals surface area (Å²) in [6.07, 6.45) is 3.46. The van der Waals surface area contributed by atoms with Crippen LogP contribution in [0.1, 0.15) is 21.5 Å². The highest BCUT2D eigenvalue weighted by atomic mass is 32.2. The van der Waals surface area contributed by atoms with Crippen molar-refractivity contribution in [2.24, 2.45) is 5.73 Å². The van der Waals surface area contributed by atoms with E-state index >= 15 is 0 Å². The van der Waals surface area contributed by atoms with E-state index in [-0.39, 0.29) is 12.3 Å². The molecule has 0 unspecified atom stereocenters. The summed E-state index contributed by atoms with van der Waals surface area (Å²) in [4.78, 5) is 12.8. The summed E-state index contributed by atoms with van der Waals surface area (Å²) >= 11 is 1.38. The maximum absolute atomic E-state index is 12.1. The number of sulfonamides is 1. The minimum atomic E-state index is -3.42. The minimum absolute atomic E-state index is 0.0861. The van der Waals surface area contributed by atoms with Crippen molar-refractivity contribution >= 4 is 33.3 Å². The number of ketones is 1. The zero-order valence-electron chi connectivity index (χ0n) is 13.6. The van der Waals surface area contributed by atoms with Crippen LogP contribution >= 0.6 is 11.8 Å². The molecule has 2 aromatic rings. The average molecular weight is 364 g/mol. The van der Waals surface area contributed by atoms with Gasteiger partial charge in [-0.05, 0) is 35.9 Å². The Morgan fingerprint density at radius 2 is 1.88 bits per heavy atom. The van der Waals surface area contributed by atoms with E-state index in [9.17, 15) is 13.2 Å². The first-order valence-corrected chi connectivity index (χ1v) is 10.4. The molecule has 0 bridgehead atoms. The van der Waals surface area contributed by atoms with E-state index in [0.717, 1.165) is 17.4 Å². The Morgan fingerprint density at radius 3 is 2.42 bits per heavy atom. The summed E-state index contributed by atoms with van der Waals surface area (Å²) in [5, 5.41) is 0. The largest absolute Gasteiger partial charge is 0.324 e. The van der Waals surface area contributed by atoms with Crippen LogP contribution in [0.5, 0.6) is 0 Å². The standard InChI is InChI=1S/C17H20N2O3S2/c1-23-17-10-15(19-24(2,21)22)13(9-14(17)16(20)11-18)8-12-6-4-3-5-7-12/h3-7,9-10,19H,8,11,18H2,1-2H3. The van der Waals surface area contributed by atoms with E-state index in [1.807, 2.05) is 36.6 Å². The van der Waals surface area contributed by atoms with Crippen LogP contribution in [0.3, 0.4) is 0 Å². The lowest BCUT2D eigenvalue weighted by atomic mass is 9.99. The van der Waals surface area contributed by atoms with Gasteiger partial charge in [0.15, 0.2) is 5.78 Å². The molecule has 24 heavy (non-hydrogen) atoms. The summed E-state index contributed by atoms with van der Waals surface area (Å²) in [5.74, 6) is -0.167. The van der Waals surface area contributed by atoms with E-state index in [4.69, 9.17) is 5.73 Å². The maximum atomic E-state index is 12.1. The number of nitrogens with one attached hydrogen (secondary N) is 1. The van der Waals surface area contributed by atoms with Crippen molar-refractivity contribution in [1.29, 1.82) is 0 Å². The molecule has 7 heteroatoms. The third kappa shape index (κ3) is 4.83. The van der Waals surface area contributed by atoms with Gasteiger partial charge in [0.1, 0.15) is 0 Å². The molecule has 0 heterocycles. The van der Waals surface area contributed by atoms with Crippen molar-refractivity contribution in [2.45, 2.75) is 11.3 Å². The molecule has 128 valence electrons. The van der Waals surface area contributed by atoms with Gasteiger partial charge in [0.05, 0.1) is 18.5 Å². The van der Waals surface area contributed by atoms with Crippen LogP contribution < -0.4 is 10.5 Å². The Labute approximate surface area is 146 Å². The molecular weight excluding hydrogens is 344 g/mol. The predicted octanol–water partition coefficient (Wildman–Crippen LogP) is 2.51. The zero-order valence-corrected chi connectivity index (χ0v) is 15.2. The molecule has 0 aliphatic carbocycles. The quantitative estimate of drug-likeness (QED) is 0.582. The third-order valence-corrected chi connectivity index (χ3v) is 4.81. The molecule has 5 nitrogen and oxygen atoms in total. The second kappa shape index (κ2) is 7.83. The molecule has 0 fully saturated rings. The fourth-order valence-electron chi connectivity index (χ4n) is 2.38. The first-order valence-electron chi connectivity index (χ1n) is 7.30. The highest BCUT2D eigenvalue weighted by molar-refractivity contribution is 7.98. The molecule has 0 saturated heterocycles. The molecule has 0 atom stereocenters. The summed E-state index contributed by atoms with van der Waals surface area (Å²) in [6, 6.07) is 13.1. The van der Waals surface area contributed by atoms with Gasteiger partial charge in [0, 0.05) is 10.5 Å². The fraction of sp³-hybridized carbons (Fsp3) is 0.235. The lowest BCUT2D eigenvalue weighted by molar-refractivity contribution is 0.0998. The number of anilines is 1. The number of Topliss-reactive ketones (excluding diaryl/α,β-unsaturated/α-hetero) is 1. The van der Waals surface area contributed by atoms with Crippen molar-refractivity contribution in [3.05, 3.63) is 59.2 Å². The summed E-state index contributed by atoms with van der Waals surface area (Å²) in [5.41, 5.74) is 8.27. The number of thioether (sulfide) groups is 1. The normalized spacial score (nSPS) is 11.3. The highest BCUT2D eigenvalue weighted by Crippen LogP contribution is 2.30. The van der Waals surface area contributed by atoms with E-state index in [1.165, 1.54) is 11.8 Å². The fourth-order valence-corrected chi connectivity index (χ4v) is 3.60. The smallest absolute Gasteiger partial charge is 0.229 e. The molecule has 0 aliphatic rings. The second-order valence-corrected chi connectivity index (χ2v) is 7.97. The Morgan fingerprint density at radius 1 is 1.21 bits per heavy atom. The number of hydrogen-bond acceptors (Lipinski definition) is 5. The van der Waals surface area contributed by atoms with Crippen molar-refractivity contribution in [2.75, 3.05) is 23.8 Å². The lowest BCUT2D eigenvalue weighted by Gasteiger charge is -2.15. The lowest BCUT2D eigenvalue weighted by Crippen LogP contribution is -2.17. The van der Waals surface area contributed by atoms with Gasteiger partial charge < -0.3 is 5.73 Å². The van der Waals surface area contributed by atoms with Crippen LogP contribution in [0.25, 0.3) is 0 Å². The number of carbonyl (C=O) groups excluding carboxylic acids is 1. The Balaban J connectivity index is 2.56. The number of hydrogen-bond donors (Lipinski definition) is 2. The van der Waals surface area contributed by atoms with Gasteiger partial charge in [0.2, 0.25) is 10.0 Å². The van der Waals surface area contributed by atoms with Gasteiger partial charge in [-0.2, -0.15) is 0 Å². The SMILES string of the molecule is CSc1cc(NS(C)(=O)=O)c(Cc2ccccc2)cc1C(=O)CN. The topological polar surface area (TPSA) is 89.3 Å². The zero-order chi connectivity index (χ0) is 17.7. The van der Waals surface area contributed by atoms with Crippen LogP contribution in [0, 0.1) is 0 Å². The first-order chi connectivity index (χ1) is 11.3. The molecule has 0 aromatic heterocycles. The monoisotopic (exact) mass is 364 g/mol. The van der Waals surface area contributed by atoms with Crippen LogP contribution in [-0.2, 0) is 16.4 Å². The van der Waals surface area contributed by atoms with Crippen LogP contribution in [0.15, 0.2) is 47.4 Å². The van der Waals surface area contributed by atoms with E-state index in [0.29, 0.717) is 22.6 Å². The van der Waals surface area contributed by atoms with Crippen LogP contribution in [0.2, 0.25) is 0 Å². The number of benzene rings is 2. The molecule has 0 aliphatic heterocycles. The molecule has 2 rings (SSSR count). The third-order valence-electron chi connectivity index (χ3n) is 3.44. The van der Waals surface area contributed by atoms with Gasteiger partial charge in [-0.3, -0.25) is 9.52 Å². The molecule has 0 spiro atoms. The van der Waals surface area contributed by atoms with Crippen LogP contribution in [-0.4, -0.2) is 33.3 Å². The van der Waals surface area contributed by atoms with Crippen molar-refractivity contribution in [3.8, 4) is 0 Å². The Bertz CT molecular complexity index is 834. The van der Waals surface area contributed by atoms with Gasteiger partial charge in [-0.25, -0.2) is 8.42 Å². The molecule has 0 saturated carbocycles. The van der Waals surface area contributed by atoms with Gasteiger partial charge >= 0.3 is 0 Å². The van der Waals surface area contributed by atoms with E-state index in [2.05, 4.69) is 4.72 Å². The van der Waals surface area contributed by atoms with Gasteiger partial charge in [-0.15, -0.1) is 11.8 Å². The molecule has 0 amide bonds. The number of carbonyl (C=O) groups is 1. The average Bonchev–Trinajstić information content (AvgIpc) is 2.55. The Hall–Kier alpha value is -1.83. The number of nitrogens with two attached hydrogens (primary N) is 1. The highest BCUT2D eigenvalue weighted by Gasteiger charge is 2.16. The maximum Gasteiger partial charge on any atom is 0.229 e. The molecule has 2 aromatic carbocycles. The van der Waals surface area contributed by atoms with Crippen molar-refractivity contribution in [1.82, 2.24) is 0 Å². The molecular formula is C17H20N2O3S2. The summed E-state index contributed by atoms with van der Waals surface area (Å²) in [7, 11) is -3.42. The Kier molecular flexibility index (Phi) is 6.04. The minimum Gasteiger partial charge on any atom is -0.324 e. The van der Waals surface area contributed by atoms with E-state index < -0.39 is 10.0 Å². The van der Waals surface area contributed by atoms with Crippen molar-refractivity contribution in [3.63, 3.8) is 0 Å².